The van der Waals surface area contributed by atoms with Crippen LogP contribution in [0.15, 0.2) is 0 Å². The van der Waals surface area contributed by atoms with E-state index in [9.17, 15) is 9.59 Å². The molecule has 0 radical (unpaired) electrons. The standard InChI is InChI=1S/C15H30N4O2/c1-4-15(5-2,11-16)14(21)18-12-6-8-19(9-7-12)10-13(20)17-3/h12H,4-11,16H2,1-3H3,(H,17,20)(H,18,21). The number of carbonyl (C=O) groups is 2. The van der Waals surface area contributed by atoms with Gasteiger partial charge in [0.25, 0.3) is 0 Å². The van der Waals surface area contributed by atoms with Gasteiger partial charge in [0.2, 0.25) is 11.8 Å². The normalized spacial score (nSPS) is 17.5. The first-order valence-corrected chi connectivity index (χ1v) is 7.95. The Morgan fingerprint density at radius 2 is 1.81 bits per heavy atom. The van der Waals surface area contributed by atoms with Crippen molar-refractivity contribution >= 4 is 11.8 Å². The molecule has 0 spiro atoms. The second kappa shape index (κ2) is 8.34. The lowest BCUT2D eigenvalue weighted by Gasteiger charge is -2.35. The summed E-state index contributed by atoms with van der Waals surface area (Å²) in [5, 5.41) is 5.79. The van der Waals surface area contributed by atoms with Gasteiger partial charge in [-0.15, -0.1) is 0 Å². The van der Waals surface area contributed by atoms with Gasteiger partial charge in [0.1, 0.15) is 0 Å². The minimum atomic E-state index is -0.431. The van der Waals surface area contributed by atoms with E-state index in [1.165, 1.54) is 0 Å². The molecule has 1 aliphatic heterocycles. The first-order chi connectivity index (χ1) is 10.0. The molecule has 2 amide bonds. The highest BCUT2D eigenvalue weighted by atomic mass is 16.2. The molecule has 0 bridgehead atoms. The maximum absolute atomic E-state index is 12.5. The van der Waals surface area contributed by atoms with Gasteiger partial charge in [-0.25, -0.2) is 0 Å². The lowest BCUT2D eigenvalue weighted by atomic mass is 9.81. The molecule has 1 rings (SSSR count). The molecule has 4 N–H and O–H groups in total. The Kier molecular flexibility index (Phi) is 7.11. The molecule has 0 aliphatic carbocycles. The largest absolute Gasteiger partial charge is 0.358 e. The molecule has 0 atom stereocenters. The minimum absolute atomic E-state index is 0.0385. The number of nitrogens with one attached hydrogen (secondary N) is 2. The number of hydrogen-bond donors (Lipinski definition) is 3. The van der Waals surface area contributed by atoms with Gasteiger partial charge in [0.05, 0.1) is 12.0 Å². The first kappa shape index (κ1) is 17.9. The fraction of sp³-hybridized carbons (Fsp3) is 0.867. The highest BCUT2D eigenvalue weighted by Crippen LogP contribution is 2.25. The maximum atomic E-state index is 12.5. The molecule has 0 aromatic carbocycles. The first-order valence-electron chi connectivity index (χ1n) is 7.95. The van der Waals surface area contributed by atoms with Crippen LogP contribution >= 0.6 is 0 Å². The number of rotatable bonds is 7. The van der Waals surface area contributed by atoms with Crippen LogP contribution in [0.1, 0.15) is 39.5 Å². The molecule has 0 saturated carbocycles. The average molecular weight is 298 g/mol. The smallest absolute Gasteiger partial charge is 0.233 e. The Bertz CT molecular complexity index is 339. The van der Waals surface area contributed by atoms with Crippen LogP contribution in [0.2, 0.25) is 0 Å². The van der Waals surface area contributed by atoms with Gasteiger partial charge in [0.15, 0.2) is 0 Å². The van der Waals surface area contributed by atoms with Crippen molar-refractivity contribution in [3.63, 3.8) is 0 Å². The molecule has 6 nitrogen and oxygen atoms in total. The predicted octanol–water partition coefficient (Wildman–Crippen LogP) is 0.0781. The molecule has 0 unspecified atom stereocenters. The highest BCUT2D eigenvalue weighted by molar-refractivity contribution is 5.83. The van der Waals surface area contributed by atoms with Crippen molar-refractivity contribution < 1.29 is 9.59 Å². The van der Waals surface area contributed by atoms with Crippen molar-refractivity contribution in [2.24, 2.45) is 11.1 Å². The molecule has 1 aliphatic rings. The van der Waals surface area contributed by atoms with Crippen molar-refractivity contribution in [2.75, 3.05) is 33.2 Å². The number of nitrogens with two attached hydrogens (primary N) is 1. The molecular formula is C15H30N4O2. The Morgan fingerprint density at radius 1 is 1.24 bits per heavy atom. The van der Waals surface area contributed by atoms with E-state index in [4.69, 9.17) is 5.73 Å². The van der Waals surface area contributed by atoms with E-state index < -0.39 is 5.41 Å². The average Bonchev–Trinajstić information content (AvgIpc) is 2.51. The number of amides is 2. The summed E-state index contributed by atoms with van der Waals surface area (Å²) >= 11 is 0. The van der Waals surface area contributed by atoms with Gasteiger partial charge in [-0.1, -0.05) is 13.8 Å². The Labute approximate surface area is 127 Å². The lowest BCUT2D eigenvalue weighted by Crippen LogP contribution is -2.52. The number of nitrogens with zero attached hydrogens (tertiary/aromatic N) is 1. The molecule has 1 fully saturated rings. The molecule has 122 valence electrons. The van der Waals surface area contributed by atoms with E-state index in [0.29, 0.717) is 13.1 Å². The Morgan fingerprint density at radius 3 is 2.24 bits per heavy atom. The molecule has 0 aromatic heterocycles. The lowest BCUT2D eigenvalue weighted by molar-refractivity contribution is -0.132. The fourth-order valence-corrected chi connectivity index (χ4v) is 2.81. The third kappa shape index (κ3) is 4.68. The summed E-state index contributed by atoms with van der Waals surface area (Å²) in [6.07, 6.45) is 3.30. The minimum Gasteiger partial charge on any atom is -0.358 e. The SMILES string of the molecule is CCC(CC)(CN)C(=O)NC1CCN(CC(=O)NC)CC1. The number of likely N-dealkylation sites (tertiary alicyclic amines) is 1. The third-order valence-electron chi connectivity index (χ3n) is 4.79. The van der Waals surface area contributed by atoms with Crippen molar-refractivity contribution in [3.8, 4) is 0 Å². The summed E-state index contributed by atoms with van der Waals surface area (Å²) in [4.78, 5) is 25.9. The number of likely N-dealkylation sites (N-methyl/N-ethyl adjacent to an activating group) is 1. The summed E-state index contributed by atoms with van der Waals surface area (Å²) < 4.78 is 0. The number of carbonyl (C=O) groups excluding carboxylic acids is 2. The van der Waals surface area contributed by atoms with Gasteiger partial charge in [-0.3, -0.25) is 14.5 Å². The van der Waals surface area contributed by atoms with Crippen molar-refractivity contribution in [2.45, 2.75) is 45.6 Å². The van der Waals surface area contributed by atoms with Crippen LogP contribution in [0.3, 0.4) is 0 Å². The fourth-order valence-electron chi connectivity index (χ4n) is 2.81. The highest BCUT2D eigenvalue weighted by Gasteiger charge is 2.35. The molecular weight excluding hydrogens is 268 g/mol. The van der Waals surface area contributed by atoms with E-state index in [2.05, 4.69) is 15.5 Å². The zero-order chi connectivity index (χ0) is 15.9. The summed E-state index contributed by atoms with van der Waals surface area (Å²) in [7, 11) is 1.65. The van der Waals surface area contributed by atoms with Crippen molar-refractivity contribution in [3.05, 3.63) is 0 Å². The monoisotopic (exact) mass is 298 g/mol. The molecule has 6 heteroatoms. The molecule has 0 aromatic rings. The van der Waals surface area contributed by atoms with Gasteiger partial charge in [-0.05, 0) is 25.7 Å². The van der Waals surface area contributed by atoms with Crippen LogP contribution in [-0.4, -0.2) is 56.0 Å². The third-order valence-corrected chi connectivity index (χ3v) is 4.79. The number of hydrogen-bond acceptors (Lipinski definition) is 4. The molecule has 1 heterocycles. The van der Waals surface area contributed by atoms with Gasteiger partial charge < -0.3 is 16.4 Å². The van der Waals surface area contributed by atoms with E-state index in [1.807, 2.05) is 13.8 Å². The van der Waals surface area contributed by atoms with E-state index in [1.54, 1.807) is 7.05 Å². The van der Waals surface area contributed by atoms with Gasteiger partial charge >= 0.3 is 0 Å². The van der Waals surface area contributed by atoms with Crippen LogP contribution < -0.4 is 16.4 Å². The maximum Gasteiger partial charge on any atom is 0.233 e. The zero-order valence-corrected chi connectivity index (χ0v) is 13.6. The van der Waals surface area contributed by atoms with E-state index in [-0.39, 0.29) is 17.9 Å². The second-order valence-corrected chi connectivity index (χ2v) is 5.89. The van der Waals surface area contributed by atoms with E-state index in [0.717, 1.165) is 38.8 Å². The Balaban J connectivity index is 2.45. The molecule has 1 saturated heterocycles. The van der Waals surface area contributed by atoms with Gasteiger partial charge in [-0.2, -0.15) is 0 Å². The van der Waals surface area contributed by atoms with Crippen molar-refractivity contribution in [1.29, 1.82) is 0 Å². The quantitative estimate of drug-likeness (QED) is 0.621. The zero-order valence-electron chi connectivity index (χ0n) is 13.6. The topological polar surface area (TPSA) is 87.5 Å². The van der Waals surface area contributed by atoms with Gasteiger partial charge in [0, 0.05) is 32.7 Å². The van der Waals surface area contributed by atoms with Crippen LogP contribution in [0.5, 0.6) is 0 Å². The van der Waals surface area contributed by atoms with Crippen LogP contribution in [0.4, 0.5) is 0 Å². The molecule has 21 heavy (non-hydrogen) atoms. The summed E-state index contributed by atoms with van der Waals surface area (Å²) in [5.41, 5.74) is 5.38. The summed E-state index contributed by atoms with van der Waals surface area (Å²) in [5.74, 6) is 0.122. The Hall–Kier alpha value is -1.14. The summed E-state index contributed by atoms with van der Waals surface area (Å²) in [6.45, 7) is 6.54. The van der Waals surface area contributed by atoms with Crippen LogP contribution in [-0.2, 0) is 9.59 Å². The van der Waals surface area contributed by atoms with Crippen LogP contribution in [0.25, 0.3) is 0 Å². The summed E-state index contributed by atoms with van der Waals surface area (Å²) in [6, 6.07) is 0.197. The van der Waals surface area contributed by atoms with Crippen molar-refractivity contribution in [1.82, 2.24) is 15.5 Å². The van der Waals surface area contributed by atoms with Crippen LogP contribution in [0, 0.1) is 5.41 Å². The van der Waals surface area contributed by atoms with E-state index >= 15 is 0 Å². The second-order valence-electron chi connectivity index (χ2n) is 5.89. The number of piperidine rings is 1. The predicted molar refractivity (Wildman–Crippen MR) is 83.7 cm³/mol.